The van der Waals surface area contributed by atoms with Crippen LogP contribution in [0.1, 0.15) is 11.1 Å². The van der Waals surface area contributed by atoms with Gasteiger partial charge in [-0.2, -0.15) is 0 Å². The number of hydrogen-bond donors (Lipinski definition) is 0. The largest absolute Gasteiger partial charge is 0.263 e. The fourth-order valence-corrected chi connectivity index (χ4v) is 1.61. The maximum absolute atomic E-state index is 4.15. The Bertz CT molecular complexity index is 452. The lowest BCUT2D eigenvalue weighted by atomic mass is 10.0. The zero-order valence-electron chi connectivity index (χ0n) is 7.62. The molecule has 1 aromatic heterocycles. The number of fused-ring (bicyclic) bond motifs is 1. The van der Waals surface area contributed by atoms with Gasteiger partial charge in [0.05, 0.1) is 0 Å². The van der Waals surface area contributed by atoms with Gasteiger partial charge in [-0.1, -0.05) is 30.9 Å². The van der Waals surface area contributed by atoms with Crippen molar-refractivity contribution in [2.24, 2.45) is 0 Å². The van der Waals surface area contributed by atoms with E-state index in [0.29, 0.717) is 0 Å². The van der Waals surface area contributed by atoms with Gasteiger partial charge in [0, 0.05) is 23.3 Å². The van der Waals surface area contributed by atoms with Crippen LogP contribution in [0.15, 0.2) is 37.2 Å². The molecule has 0 saturated heterocycles. The van der Waals surface area contributed by atoms with Gasteiger partial charge >= 0.3 is 0 Å². The summed E-state index contributed by atoms with van der Waals surface area (Å²) >= 11 is 0. The lowest BCUT2D eigenvalue weighted by Gasteiger charge is -2.04. The molecular formula is C12H11N. The standard InChI is InChI=1S/C12H11N/c1-3-10-7-13-8-11-6-4-5-9(2)12(10)11/h3-8H,1H2,2H3. The highest BCUT2D eigenvalue weighted by Crippen LogP contribution is 2.21. The number of aryl methyl sites for hydroxylation is 1. The maximum atomic E-state index is 4.15. The molecule has 0 atom stereocenters. The van der Waals surface area contributed by atoms with Gasteiger partial charge in [0.25, 0.3) is 0 Å². The zero-order chi connectivity index (χ0) is 9.26. The molecule has 13 heavy (non-hydrogen) atoms. The average Bonchev–Trinajstić information content (AvgIpc) is 2.17. The van der Waals surface area contributed by atoms with E-state index in [-0.39, 0.29) is 0 Å². The summed E-state index contributed by atoms with van der Waals surface area (Å²) in [7, 11) is 0. The van der Waals surface area contributed by atoms with Gasteiger partial charge in [0.2, 0.25) is 0 Å². The Morgan fingerprint density at radius 2 is 2.15 bits per heavy atom. The van der Waals surface area contributed by atoms with Crippen LogP contribution in [0.2, 0.25) is 0 Å². The van der Waals surface area contributed by atoms with Crippen LogP contribution < -0.4 is 0 Å². The summed E-state index contributed by atoms with van der Waals surface area (Å²) in [6, 6.07) is 6.23. The van der Waals surface area contributed by atoms with E-state index in [1.165, 1.54) is 16.3 Å². The van der Waals surface area contributed by atoms with E-state index in [4.69, 9.17) is 0 Å². The molecule has 1 heteroatoms. The SMILES string of the molecule is C=Cc1cncc2cccc(C)c12. The summed E-state index contributed by atoms with van der Waals surface area (Å²) in [4.78, 5) is 4.15. The predicted octanol–water partition coefficient (Wildman–Crippen LogP) is 3.19. The zero-order valence-corrected chi connectivity index (χ0v) is 7.62. The lowest BCUT2D eigenvalue weighted by molar-refractivity contribution is 1.34. The summed E-state index contributed by atoms with van der Waals surface area (Å²) in [5, 5.41) is 2.44. The first kappa shape index (κ1) is 7.99. The van der Waals surface area contributed by atoms with Crippen LogP contribution in [0.5, 0.6) is 0 Å². The molecule has 0 aliphatic carbocycles. The van der Waals surface area contributed by atoms with Crippen LogP contribution in [0.25, 0.3) is 16.8 Å². The molecule has 0 fully saturated rings. The molecule has 0 spiro atoms. The first-order chi connectivity index (χ1) is 6.33. The van der Waals surface area contributed by atoms with Crippen LogP contribution in [0, 0.1) is 6.92 Å². The Morgan fingerprint density at radius 3 is 2.92 bits per heavy atom. The highest BCUT2D eigenvalue weighted by atomic mass is 14.6. The second kappa shape index (κ2) is 3.02. The van der Waals surface area contributed by atoms with Gasteiger partial charge in [0.1, 0.15) is 0 Å². The van der Waals surface area contributed by atoms with Crippen molar-refractivity contribution in [1.82, 2.24) is 4.98 Å². The van der Waals surface area contributed by atoms with Crippen LogP contribution >= 0.6 is 0 Å². The molecule has 1 heterocycles. The van der Waals surface area contributed by atoms with Crippen molar-refractivity contribution in [3.05, 3.63) is 48.3 Å². The summed E-state index contributed by atoms with van der Waals surface area (Å²) in [5.41, 5.74) is 2.38. The highest BCUT2D eigenvalue weighted by molar-refractivity contribution is 5.91. The smallest absolute Gasteiger partial charge is 0.0346 e. The number of hydrogen-bond acceptors (Lipinski definition) is 1. The lowest BCUT2D eigenvalue weighted by Crippen LogP contribution is -1.84. The Balaban J connectivity index is 2.94. The number of pyridine rings is 1. The van der Waals surface area contributed by atoms with Gasteiger partial charge in [-0.3, -0.25) is 4.98 Å². The second-order valence-corrected chi connectivity index (χ2v) is 3.11. The average molecular weight is 169 g/mol. The van der Waals surface area contributed by atoms with E-state index >= 15 is 0 Å². The first-order valence-electron chi connectivity index (χ1n) is 4.28. The van der Waals surface area contributed by atoms with Crippen molar-refractivity contribution in [2.45, 2.75) is 6.92 Å². The molecule has 0 bridgehead atoms. The van der Waals surface area contributed by atoms with Crippen LogP contribution in [0.3, 0.4) is 0 Å². The van der Waals surface area contributed by atoms with Crippen LogP contribution in [0.4, 0.5) is 0 Å². The fourth-order valence-electron chi connectivity index (χ4n) is 1.61. The molecule has 1 nitrogen and oxygen atoms in total. The molecule has 2 aromatic rings. The number of rotatable bonds is 1. The van der Waals surface area contributed by atoms with Crippen molar-refractivity contribution in [2.75, 3.05) is 0 Å². The molecule has 0 aliphatic heterocycles. The highest BCUT2D eigenvalue weighted by Gasteiger charge is 1.99. The van der Waals surface area contributed by atoms with Crippen molar-refractivity contribution >= 4 is 16.8 Å². The molecule has 2 rings (SSSR count). The van der Waals surface area contributed by atoms with Crippen molar-refractivity contribution in [3.63, 3.8) is 0 Å². The first-order valence-corrected chi connectivity index (χ1v) is 4.28. The summed E-state index contributed by atoms with van der Waals surface area (Å²) in [6.07, 6.45) is 5.58. The molecule has 0 amide bonds. The Labute approximate surface area is 77.7 Å². The van der Waals surface area contributed by atoms with E-state index in [1.54, 1.807) is 0 Å². The van der Waals surface area contributed by atoms with Crippen LogP contribution in [-0.4, -0.2) is 4.98 Å². The molecule has 64 valence electrons. The molecular weight excluding hydrogens is 158 g/mol. The monoisotopic (exact) mass is 169 g/mol. The Morgan fingerprint density at radius 1 is 1.31 bits per heavy atom. The number of benzene rings is 1. The third-order valence-corrected chi connectivity index (χ3v) is 2.24. The third-order valence-electron chi connectivity index (χ3n) is 2.24. The minimum Gasteiger partial charge on any atom is -0.263 e. The summed E-state index contributed by atoms with van der Waals surface area (Å²) in [5.74, 6) is 0. The van der Waals surface area contributed by atoms with E-state index in [2.05, 4.69) is 30.6 Å². The Hall–Kier alpha value is -1.63. The van der Waals surface area contributed by atoms with Gasteiger partial charge < -0.3 is 0 Å². The van der Waals surface area contributed by atoms with Gasteiger partial charge in [-0.15, -0.1) is 0 Å². The van der Waals surface area contributed by atoms with Crippen LogP contribution in [-0.2, 0) is 0 Å². The summed E-state index contributed by atoms with van der Waals surface area (Å²) < 4.78 is 0. The fraction of sp³-hybridized carbons (Fsp3) is 0.0833. The molecule has 0 N–H and O–H groups in total. The molecule has 0 unspecified atom stereocenters. The second-order valence-electron chi connectivity index (χ2n) is 3.11. The summed E-state index contributed by atoms with van der Waals surface area (Å²) in [6.45, 7) is 5.89. The minimum absolute atomic E-state index is 1.11. The normalized spacial score (nSPS) is 10.2. The molecule has 0 aliphatic rings. The quantitative estimate of drug-likeness (QED) is 0.638. The van der Waals surface area contributed by atoms with E-state index < -0.39 is 0 Å². The van der Waals surface area contributed by atoms with Gasteiger partial charge in [0.15, 0.2) is 0 Å². The molecule has 0 saturated carbocycles. The Kier molecular flexibility index (Phi) is 1.85. The van der Waals surface area contributed by atoms with Crippen molar-refractivity contribution in [3.8, 4) is 0 Å². The van der Waals surface area contributed by atoms with E-state index in [1.807, 2.05) is 24.5 Å². The molecule has 0 radical (unpaired) electrons. The van der Waals surface area contributed by atoms with Crippen molar-refractivity contribution < 1.29 is 0 Å². The third kappa shape index (κ3) is 1.22. The minimum atomic E-state index is 1.11. The van der Waals surface area contributed by atoms with Gasteiger partial charge in [-0.25, -0.2) is 0 Å². The maximum Gasteiger partial charge on any atom is 0.0346 e. The molecule has 1 aromatic carbocycles. The van der Waals surface area contributed by atoms with Gasteiger partial charge in [-0.05, 0) is 17.9 Å². The van der Waals surface area contributed by atoms with E-state index in [0.717, 1.165) is 5.56 Å². The number of nitrogens with zero attached hydrogens (tertiary/aromatic N) is 1. The van der Waals surface area contributed by atoms with E-state index in [9.17, 15) is 0 Å². The number of aromatic nitrogens is 1. The predicted molar refractivity (Wildman–Crippen MR) is 56.6 cm³/mol. The topological polar surface area (TPSA) is 12.9 Å². The van der Waals surface area contributed by atoms with Crippen molar-refractivity contribution in [1.29, 1.82) is 0 Å².